The summed E-state index contributed by atoms with van der Waals surface area (Å²) in [7, 11) is 0. The van der Waals surface area contributed by atoms with Crippen molar-refractivity contribution in [1.82, 2.24) is 0 Å². The highest BCUT2D eigenvalue weighted by Crippen LogP contribution is 2.27. The largest absolute Gasteiger partial charge is 0.307 e. The zero-order chi connectivity index (χ0) is 10.0. The van der Waals surface area contributed by atoms with Crippen molar-refractivity contribution in [1.29, 1.82) is 0 Å². The van der Waals surface area contributed by atoms with E-state index in [0.29, 0.717) is 0 Å². The summed E-state index contributed by atoms with van der Waals surface area (Å²) in [4.78, 5) is 9.27. The fraction of sp³-hybridized carbons (Fsp3) is 0.143. The van der Waals surface area contributed by atoms with Crippen molar-refractivity contribution in [3.05, 3.63) is 33.9 Å². The van der Waals surface area contributed by atoms with Crippen molar-refractivity contribution < 1.29 is 13.7 Å². The molecule has 0 saturated carbocycles. The second kappa shape index (κ2) is 3.69. The predicted octanol–water partition coefficient (Wildman–Crippen LogP) is 2.59. The van der Waals surface area contributed by atoms with Crippen LogP contribution in [0.4, 0.5) is 14.5 Å². The lowest BCUT2D eigenvalue weighted by molar-refractivity contribution is -0.387. The van der Waals surface area contributed by atoms with Crippen LogP contribution < -0.4 is 0 Å². The van der Waals surface area contributed by atoms with Crippen LogP contribution in [-0.4, -0.2) is 11.2 Å². The van der Waals surface area contributed by atoms with Gasteiger partial charge in [-0.3, -0.25) is 10.1 Å². The van der Waals surface area contributed by atoms with Crippen LogP contribution in [0.5, 0.6) is 0 Å². The Kier molecular flexibility index (Phi) is 2.82. The zero-order valence-electron chi connectivity index (χ0n) is 6.58. The maximum atomic E-state index is 12.9. The summed E-state index contributed by atoms with van der Waals surface area (Å²) in [5, 5.41) is 10.2. The topological polar surface area (TPSA) is 43.1 Å². The molecule has 0 saturated heterocycles. The van der Waals surface area contributed by atoms with Gasteiger partial charge >= 0.3 is 5.69 Å². The van der Waals surface area contributed by atoms with Gasteiger partial charge in [0.1, 0.15) is 0 Å². The van der Waals surface area contributed by atoms with Crippen LogP contribution in [-0.2, 0) is 0 Å². The molecule has 0 N–H and O–H groups in total. The number of nitro groups is 1. The average molecular weight is 205 g/mol. The van der Waals surface area contributed by atoms with E-state index in [-0.39, 0.29) is 4.90 Å². The predicted molar refractivity (Wildman–Crippen MR) is 44.8 cm³/mol. The van der Waals surface area contributed by atoms with E-state index in [1.54, 1.807) is 6.26 Å². The van der Waals surface area contributed by atoms with Crippen LogP contribution in [0.3, 0.4) is 0 Å². The molecule has 1 aromatic rings. The molecule has 0 bridgehead atoms. The molecule has 13 heavy (non-hydrogen) atoms. The number of hydrogen-bond acceptors (Lipinski definition) is 3. The molecule has 0 spiro atoms. The Morgan fingerprint density at radius 2 is 2.00 bits per heavy atom. The Hall–Kier alpha value is -1.17. The molecule has 0 atom stereocenters. The van der Waals surface area contributed by atoms with Gasteiger partial charge in [-0.25, -0.2) is 4.39 Å². The van der Waals surface area contributed by atoms with Crippen LogP contribution in [0, 0.1) is 21.7 Å². The molecule has 0 unspecified atom stereocenters. The van der Waals surface area contributed by atoms with Crippen LogP contribution in [0.2, 0.25) is 0 Å². The summed E-state index contributed by atoms with van der Waals surface area (Å²) < 4.78 is 25.8. The van der Waals surface area contributed by atoms with Crippen LogP contribution >= 0.6 is 11.8 Å². The molecule has 0 amide bonds. The smallest absolute Gasteiger partial charge is 0.258 e. The number of hydrogen-bond donors (Lipinski definition) is 0. The molecule has 0 radical (unpaired) electrons. The maximum absolute atomic E-state index is 12.9. The normalized spacial score (nSPS) is 10.1. The van der Waals surface area contributed by atoms with Crippen molar-refractivity contribution in [2.75, 3.05) is 6.26 Å². The number of benzene rings is 1. The van der Waals surface area contributed by atoms with Gasteiger partial charge in [0.15, 0.2) is 5.82 Å². The van der Waals surface area contributed by atoms with Gasteiger partial charge in [-0.15, -0.1) is 11.8 Å². The standard InChI is InChI=1S/C7H5F2NO2S/c1-13-5-3-2-4(10(11)12)6(8)7(5)9/h2-3H,1H3. The first-order valence-electron chi connectivity index (χ1n) is 3.24. The summed E-state index contributed by atoms with van der Waals surface area (Å²) in [5.74, 6) is -2.57. The highest BCUT2D eigenvalue weighted by atomic mass is 32.2. The molecule has 0 aliphatic heterocycles. The van der Waals surface area contributed by atoms with E-state index >= 15 is 0 Å². The quantitative estimate of drug-likeness (QED) is 0.423. The maximum Gasteiger partial charge on any atom is 0.307 e. The third-order valence-electron chi connectivity index (χ3n) is 1.44. The van der Waals surface area contributed by atoms with E-state index < -0.39 is 22.2 Å². The first kappa shape index (κ1) is 9.91. The average Bonchev–Trinajstić information content (AvgIpc) is 2.09. The van der Waals surface area contributed by atoms with Gasteiger partial charge in [0.25, 0.3) is 0 Å². The lowest BCUT2D eigenvalue weighted by Crippen LogP contribution is -1.96. The monoisotopic (exact) mass is 205 g/mol. The number of rotatable bonds is 2. The van der Waals surface area contributed by atoms with Gasteiger partial charge in [0.05, 0.1) is 4.92 Å². The summed E-state index contributed by atoms with van der Waals surface area (Å²) in [5.41, 5.74) is -0.838. The molecular formula is C7H5F2NO2S. The molecule has 1 rings (SSSR count). The SMILES string of the molecule is CSc1ccc([N+](=O)[O-])c(F)c1F. The second-order valence-corrected chi connectivity index (χ2v) is 3.02. The Morgan fingerprint density at radius 3 is 2.46 bits per heavy atom. The van der Waals surface area contributed by atoms with Crippen molar-refractivity contribution in [2.24, 2.45) is 0 Å². The molecule has 0 aliphatic rings. The number of halogens is 2. The molecule has 6 heteroatoms. The molecular weight excluding hydrogens is 200 g/mol. The molecule has 70 valence electrons. The fourth-order valence-electron chi connectivity index (χ4n) is 0.820. The van der Waals surface area contributed by atoms with Gasteiger partial charge < -0.3 is 0 Å². The molecule has 0 aromatic heterocycles. The van der Waals surface area contributed by atoms with E-state index in [1.807, 2.05) is 0 Å². The number of nitrogens with zero attached hydrogens (tertiary/aromatic N) is 1. The van der Waals surface area contributed by atoms with Crippen molar-refractivity contribution in [3.8, 4) is 0 Å². The molecule has 3 nitrogen and oxygen atoms in total. The Balaban J connectivity index is 3.31. The lowest BCUT2D eigenvalue weighted by atomic mass is 10.3. The number of nitro benzene ring substituents is 1. The molecule has 1 aromatic carbocycles. The fourth-order valence-corrected chi connectivity index (χ4v) is 1.29. The van der Waals surface area contributed by atoms with Crippen LogP contribution in [0.15, 0.2) is 17.0 Å². The van der Waals surface area contributed by atoms with Gasteiger partial charge in [0, 0.05) is 11.0 Å². The minimum Gasteiger partial charge on any atom is -0.258 e. The third kappa shape index (κ3) is 1.77. The van der Waals surface area contributed by atoms with E-state index in [9.17, 15) is 18.9 Å². The molecule has 0 aliphatic carbocycles. The first-order chi connectivity index (χ1) is 6.07. The minimum absolute atomic E-state index is 0.0584. The van der Waals surface area contributed by atoms with Crippen LogP contribution in [0.1, 0.15) is 0 Å². The first-order valence-corrected chi connectivity index (χ1v) is 4.46. The summed E-state index contributed by atoms with van der Waals surface area (Å²) in [6.07, 6.45) is 1.56. The van der Waals surface area contributed by atoms with Crippen molar-refractivity contribution in [2.45, 2.75) is 4.90 Å². The van der Waals surface area contributed by atoms with Gasteiger partial charge in [-0.2, -0.15) is 4.39 Å². The Bertz CT molecular complexity index is 357. The molecule has 0 heterocycles. The summed E-state index contributed by atoms with van der Waals surface area (Å²) in [6, 6.07) is 2.13. The van der Waals surface area contributed by atoms with E-state index in [4.69, 9.17) is 0 Å². The minimum atomic E-state index is -1.41. The van der Waals surface area contributed by atoms with Gasteiger partial charge in [-0.05, 0) is 12.3 Å². The highest BCUT2D eigenvalue weighted by Gasteiger charge is 2.20. The second-order valence-electron chi connectivity index (χ2n) is 2.17. The Labute approximate surface area is 76.9 Å². The van der Waals surface area contributed by atoms with Crippen LogP contribution in [0.25, 0.3) is 0 Å². The van der Waals surface area contributed by atoms with E-state index in [0.717, 1.165) is 17.8 Å². The third-order valence-corrected chi connectivity index (χ3v) is 2.20. The van der Waals surface area contributed by atoms with Crippen molar-refractivity contribution in [3.63, 3.8) is 0 Å². The number of thioether (sulfide) groups is 1. The molecule has 0 fully saturated rings. The van der Waals surface area contributed by atoms with E-state index in [2.05, 4.69) is 0 Å². The van der Waals surface area contributed by atoms with Gasteiger partial charge in [0.2, 0.25) is 5.82 Å². The lowest BCUT2D eigenvalue weighted by Gasteiger charge is -1.99. The zero-order valence-corrected chi connectivity index (χ0v) is 7.40. The Morgan fingerprint density at radius 1 is 1.38 bits per heavy atom. The highest BCUT2D eigenvalue weighted by molar-refractivity contribution is 7.98. The summed E-state index contributed by atoms with van der Waals surface area (Å²) in [6.45, 7) is 0. The van der Waals surface area contributed by atoms with Crippen molar-refractivity contribution >= 4 is 17.4 Å². The van der Waals surface area contributed by atoms with E-state index in [1.165, 1.54) is 6.07 Å². The van der Waals surface area contributed by atoms with Gasteiger partial charge in [-0.1, -0.05) is 0 Å². The summed E-state index contributed by atoms with van der Waals surface area (Å²) >= 11 is 0.992.